The van der Waals surface area contributed by atoms with Crippen LogP contribution in [0.3, 0.4) is 0 Å². The molecular formula is C28H16Cl3F4NO3. The maximum Gasteiger partial charge on any atom is 0.416 e. The minimum atomic E-state index is -4.49. The Morgan fingerprint density at radius 2 is 1.54 bits per heavy atom. The molecule has 0 N–H and O–H groups in total. The van der Waals surface area contributed by atoms with Crippen molar-refractivity contribution in [2.75, 3.05) is 6.61 Å². The van der Waals surface area contributed by atoms with Crippen molar-refractivity contribution in [3.8, 4) is 17.6 Å². The van der Waals surface area contributed by atoms with E-state index >= 15 is 0 Å². The van der Waals surface area contributed by atoms with E-state index in [1.165, 1.54) is 54.6 Å². The number of fused-ring (bicyclic) bond motifs is 1. The third-order valence-corrected chi connectivity index (χ3v) is 6.74. The summed E-state index contributed by atoms with van der Waals surface area (Å²) in [6.07, 6.45) is -5.97. The van der Waals surface area contributed by atoms with E-state index in [4.69, 9.17) is 44.3 Å². The largest absolute Gasteiger partial charge is 0.489 e. The van der Waals surface area contributed by atoms with Crippen molar-refractivity contribution < 1.29 is 31.8 Å². The summed E-state index contributed by atoms with van der Waals surface area (Å²) >= 11 is 18.7. The smallest absolute Gasteiger partial charge is 0.416 e. The summed E-state index contributed by atoms with van der Waals surface area (Å²) in [4.78, 5) is 11.3. The molecule has 4 aromatic carbocycles. The number of benzene rings is 4. The van der Waals surface area contributed by atoms with Crippen molar-refractivity contribution >= 4 is 51.4 Å². The molecule has 0 aromatic heterocycles. The van der Waals surface area contributed by atoms with Crippen molar-refractivity contribution in [1.82, 2.24) is 0 Å². The van der Waals surface area contributed by atoms with Gasteiger partial charge in [-0.25, -0.2) is 4.39 Å². The Morgan fingerprint density at radius 1 is 0.897 bits per heavy atom. The molecule has 0 bridgehead atoms. The van der Waals surface area contributed by atoms with Gasteiger partial charge in [0.05, 0.1) is 11.6 Å². The number of alkyl halides is 4. The van der Waals surface area contributed by atoms with Crippen LogP contribution < -0.4 is 9.47 Å². The van der Waals surface area contributed by atoms with Crippen LogP contribution in [0, 0.1) is 17.1 Å². The van der Waals surface area contributed by atoms with E-state index in [0.29, 0.717) is 10.8 Å². The summed E-state index contributed by atoms with van der Waals surface area (Å²) < 4.78 is 64.0. The normalized spacial score (nSPS) is 13.8. The first-order valence-corrected chi connectivity index (χ1v) is 12.3. The number of rotatable bonds is 8. The molecule has 0 radical (unpaired) electrons. The molecule has 0 aliphatic carbocycles. The zero-order valence-corrected chi connectivity index (χ0v) is 21.9. The standard InChI is InChI=1S/C28H16Cl3F4NO3/c29-19-4-10-23(24(30)13-19)27(31,15-36)26(37)25(39-21-8-5-20(32)6-9-21)14-38-22-7-2-16-11-18(28(33,34)35)3-1-17(16)12-22/h1-13,25H,14H2. The Kier molecular flexibility index (Phi) is 8.26. The lowest BCUT2D eigenvalue weighted by Gasteiger charge is -2.26. The van der Waals surface area contributed by atoms with E-state index < -0.39 is 40.9 Å². The topological polar surface area (TPSA) is 59.3 Å². The minimum absolute atomic E-state index is 0.0263. The zero-order valence-electron chi connectivity index (χ0n) is 19.6. The molecule has 4 rings (SSSR count). The average molecular weight is 597 g/mol. The Hall–Kier alpha value is -3.51. The van der Waals surface area contributed by atoms with Gasteiger partial charge in [0.25, 0.3) is 0 Å². The molecule has 0 amide bonds. The van der Waals surface area contributed by atoms with Crippen molar-refractivity contribution in [3.05, 3.63) is 106 Å². The SMILES string of the molecule is N#CC(Cl)(C(=O)C(COc1ccc2cc(C(F)(F)F)ccc2c1)Oc1ccc(F)cc1)c1ccc(Cl)cc1Cl. The molecule has 11 heteroatoms. The highest BCUT2D eigenvalue weighted by molar-refractivity contribution is 6.41. The molecule has 2 unspecified atom stereocenters. The van der Waals surface area contributed by atoms with Gasteiger partial charge in [-0.05, 0) is 71.4 Å². The highest BCUT2D eigenvalue weighted by Gasteiger charge is 2.45. The Labute approximate surface area is 235 Å². The molecule has 0 fully saturated rings. The molecule has 2 atom stereocenters. The summed E-state index contributed by atoms with van der Waals surface area (Å²) in [7, 11) is 0. The number of ketones is 1. The molecule has 0 aliphatic heterocycles. The van der Waals surface area contributed by atoms with Crippen molar-refractivity contribution in [2.45, 2.75) is 17.2 Å². The van der Waals surface area contributed by atoms with Crippen LogP contribution >= 0.6 is 34.8 Å². The van der Waals surface area contributed by atoms with Gasteiger partial charge in [-0.15, -0.1) is 0 Å². The summed E-state index contributed by atoms with van der Waals surface area (Å²) in [5.74, 6) is -1.15. The quantitative estimate of drug-likeness (QED) is 0.152. The fourth-order valence-corrected chi connectivity index (χ4v) is 4.63. The predicted molar refractivity (Wildman–Crippen MR) is 140 cm³/mol. The molecule has 0 saturated carbocycles. The third kappa shape index (κ3) is 6.39. The summed E-state index contributed by atoms with van der Waals surface area (Å²) in [6, 6.07) is 18.2. The maximum atomic E-state index is 13.6. The number of nitrogens with zero attached hydrogens (tertiary/aromatic N) is 1. The monoisotopic (exact) mass is 595 g/mol. The first kappa shape index (κ1) is 28.5. The van der Waals surface area contributed by atoms with Gasteiger partial charge in [0.1, 0.15) is 23.9 Å². The molecule has 200 valence electrons. The maximum absolute atomic E-state index is 13.6. The van der Waals surface area contributed by atoms with Crippen LogP contribution in [-0.4, -0.2) is 18.5 Å². The fraction of sp³-hybridized carbons (Fsp3) is 0.143. The Morgan fingerprint density at radius 3 is 2.18 bits per heavy atom. The summed E-state index contributed by atoms with van der Waals surface area (Å²) in [5, 5.41) is 10.9. The molecule has 0 spiro atoms. The summed E-state index contributed by atoms with van der Waals surface area (Å²) in [5.41, 5.74) is -0.820. The van der Waals surface area contributed by atoms with Gasteiger partial charge < -0.3 is 9.47 Å². The van der Waals surface area contributed by atoms with Crippen LogP contribution in [0.5, 0.6) is 11.5 Å². The van der Waals surface area contributed by atoms with Gasteiger partial charge in [-0.1, -0.05) is 53.0 Å². The number of ether oxygens (including phenoxy) is 2. The fourth-order valence-electron chi connectivity index (χ4n) is 3.74. The predicted octanol–water partition coefficient (Wildman–Crippen LogP) is 8.36. The number of halogens is 7. The Balaban J connectivity index is 1.64. The highest BCUT2D eigenvalue weighted by Crippen LogP contribution is 2.38. The number of carbonyl (C=O) groups excluding carboxylic acids is 1. The van der Waals surface area contributed by atoms with E-state index in [1.54, 1.807) is 6.07 Å². The van der Waals surface area contributed by atoms with E-state index in [0.717, 1.165) is 24.3 Å². The van der Waals surface area contributed by atoms with Crippen LogP contribution in [0.15, 0.2) is 78.9 Å². The molecule has 4 nitrogen and oxygen atoms in total. The highest BCUT2D eigenvalue weighted by atomic mass is 35.5. The first-order chi connectivity index (χ1) is 18.4. The summed E-state index contributed by atoms with van der Waals surface area (Å²) in [6.45, 7) is -0.455. The second-order valence-electron chi connectivity index (χ2n) is 8.35. The number of nitriles is 1. The molecular weight excluding hydrogens is 581 g/mol. The molecule has 0 saturated heterocycles. The van der Waals surface area contributed by atoms with Crippen LogP contribution in [0.4, 0.5) is 17.6 Å². The van der Waals surface area contributed by atoms with Gasteiger partial charge in [-0.2, -0.15) is 18.4 Å². The van der Waals surface area contributed by atoms with Crippen molar-refractivity contribution in [2.24, 2.45) is 0 Å². The van der Waals surface area contributed by atoms with Crippen LogP contribution in [-0.2, 0) is 15.8 Å². The lowest BCUT2D eigenvalue weighted by atomic mass is 9.92. The van der Waals surface area contributed by atoms with E-state index in [1.807, 2.05) is 0 Å². The van der Waals surface area contributed by atoms with Gasteiger partial charge in [0.15, 0.2) is 6.10 Å². The van der Waals surface area contributed by atoms with Gasteiger partial charge in [0.2, 0.25) is 10.7 Å². The molecule has 39 heavy (non-hydrogen) atoms. The molecule has 4 aromatic rings. The van der Waals surface area contributed by atoms with Gasteiger partial charge in [0, 0.05) is 15.6 Å². The second kappa shape index (κ2) is 11.3. The Bertz CT molecular complexity index is 1570. The third-order valence-electron chi connectivity index (χ3n) is 5.72. The van der Waals surface area contributed by atoms with Crippen LogP contribution in [0.2, 0.25) is 10.0 Å². The lowest BCUT2D eigenvalue weighted by Crippen LogP contribution is -2.44. The van der Waals surface area contributed by atoms with E-state index in [2.05, 4.69) is 0 Å². The average Bonchev–Trinajstić information content (AvgIpc) is 2.90. The molecule has 0 heterocycles. The minimum Gasteiger partial charge on any atom is -0.489 e. The number of hydrogen-bond donors (Lipinski definition) is 0. The van der Waals surface area contributed by atoms with E-state index in [9.17, 15) is 27.6 Å². The second-order valence-corrected chi connectivity index (χ2v) is 9.76. The zero-order chi connectivity index (χ0) is 28.4. The van der Waals surface area contributed by atoms with Gasteiger partial charge >= 0.3 is 6.18 Å². The van der Waals surface area contributed by atoms with Crippen LogP contribution in [0.1, 0.15) is 11.1 Å². The molecule has 0 aliphatic rings. The number of carbonyl (C=O) groups is 1. The van der Waals surface area contributed by atoms with Gasteiger partial charge in [-0.3, -0.25) is 4.79 Å². The lowest BCUT2D eigenvalue weighted by molar-refractivity contribution is -0.137. The first-order valence-electron chi connectivity index (χ1n) is 11.2. The van der Waals surface area contributed by atoms with Crippen molar-refractivity contribution in [1.29, 1.82) is 5.26 Å². The van der Waals surface area contributed by atoms with E-state index in [-0.39, 0.29) is 27.1 Å². The number of Topliss-reactive ketones (excluding diaryl/α,β-unsaturated/α-hetero) is 1. The van der Waals surface area contributed by atoms with Crippen molar-refractivity contribution in [3.63, 3.8) is 0 Å². The van der Waals surface area contributed by atoms with Crippen LogP contribution in [0.25, 0.3) is 10.8 Å². The number of hydrogen-bond acceptors (Lipinski definition) is 4.